The molecule has 1 aliphatic heterocycles. The number of aromatic amines is 1. The molecule has 142 valence electrons. The Morgan fingerprint density at radius 3 is 2.71 bits per heavy atom. The first-order chi connectivity index (χ1) is 13.3. The summed E-state index contributed by atoms with van der Waals surface area (Å²) in [5, 5.41) is 9.74. The monoisotopic (exact) mass is 406 g/mol. The van der Waals surface area contributed by atoms with Crippen LogP contribution in [0.25, 0.3) is 31.7 Å². The van der Waals surface area contributed by atoms with Gasteiger partial charge in [0.05, 0.1) is 21.5 Å². The van der Waals surface area contributed by atoms with Gasteiger partial charge in [-0.2, -0.15) is 13.2 Å². The van der Waals surface area contributed by atoms with E-state index in [2.05, 4.69) is 9.97 Å². The molecule has 4 aromatic rings. The molecule has 10 heteroatoms. The molecule has 0 amide bonds. The highest BCUT2D eigenvalue weighted by Gasteiger charge is 2.35. The number of nitrogens with zero attached hydrogens (tertiary/aromatic N) is 1. The van der Waals surface area contributed by atoms with Crippen molar-refractivity contribution in [2.24, 2.45) is 0 Å². The Morgan fingerprint density at radius 1 is 1.14 bits per heavy atom. The molecule has 6 nitrogen and oxygen atoms in total. The molecule has 0 aliphatic carbocycles. The summed E-state index contributed by atoms with van der Waals surface area (Å²) in [6, 6.07) is 6.60. The zero-order valence-electron chi connectivity index (χ0n) is 13.8. The number of H-pyrrole nitrogens is 1. The molecule has 1 aromatic carbocycles. The van der Waals surface area contributed by atoms with Crippen LogP contribution in [0, 0.1) is 0 Å². The van der Waals surface area contributed by atoms with E-state index in [1.54, 1.807) is 18.2 Å². The van der Waals surface area contributed by atoms with Gasteiger partial charge >= 0.3 is 6.18 Å². The number of halogens is 3. The molecule has 28 heavy (non-hydrogen) atoms. The maximum Gasteiger partial charge on any atom is 0.417 e. The Labute approximate surface area is 157 Å². The third kappa shape index (κ3) is 2.48. The Bertz CT molecular complexity index is 1330. The van der Waals surface area contributed by atoms with E-state index in [0.717, 1.165) is 23.5 Å². The molecule has 0 spiro atoms. The fourth-order valence-corrected chi connectivity index (χ4v) is 4.24. The van der Waals surface area contributed by atoms with Crippen LogP contribution in [0.4, 0.5) is 13.2 Å². The molecule has 3 aromatic heterocycles. The highest BCUT2D eigenvalue weighted by atomic mass is 32.1. The predicted molar refractivity (Wildman–Crippen MR) is 96.0 cm³/mol. The van der Waals surface area contributed by atoms with Crippen molar-refractivity contribution in [1.82, 2.24) is 9.97 Å². The van der Waals surface area contributed by atoms with Crippen molar-refractivity contribution >= 4 is 31.8 Å². The van der Waals surface area contributed by atoms with Gasteiger partial charge in [0.1, 0.15) is 10.6 Å². The third-order valence-corrected chi connectivity index (χ3v) is 5.49. The molecule has 1 aliphatic rings. The van der Waals surface area contributed by atoms with Crippen molar-refractivity contribution in [1.29, 1.82) is 0 Å². The fraction of sp³-hybridized carbons (Fsp3) is 0.111. The number of pyridine rings is 2. The Morgan fingerprint density at radius 2 is 1.93 bits per heavy atom. The molecule has 5 rings (SSSR count). The first kappa shape index (κ1) is 16.9. The first-order valence-electron chi connectivity index (χ1n) is 7.98. The summed E-state index contributed by atoms with van der Waals surface area (Å²) in [6.45, 7) is 0.0437. The lowest BCUT2D eigenvalue weighted by Crippen LogP contribution is -2.08. The minimum atomic E-state index is -4.69. The van der Waals surface area contributed by atoms with E-state index in [0.29, 0.717) is 17.1 Å². The van der Waals surface area contributed by atoms with Crippen LogP contribution >= 0.6 is 11.3 Å². The van der Waals surface area contributed by atoms with Gasteiger partial charge in [0.15, 0.2) is 11.5 Å². The summed E-state index contributed by atoms with van der Waals surface area (Å²) in [6.07, 6.45) is -4.69. The molecule has 0 fully saturated rings. The van der Waals surface area contributed by atoms with Gasteiger partial charge in [-0.3, -0.25) is 4.79 Å². The lowest BCUT2D eigenvalue weighted by atomic mass is 10.1. The van der Waals surface area contributed by atoms with Crippen LogP contribution in [0.5, 0.6) is 17.2 Å². The van der Waals surface area contributed by atoms with Crippen LogP contribution in [-0.2, 0) is 6.18 Å². The van der Waals surface area contributed by atoms with Crippen molar-refractivity contribution in [2.75, 3.05) is 6.79 Å². The number of ether oxygens (including phenoxy) is 2. The molecule has 0 saturated heterocycles. The number of thiophene rings is 1. The van der Waals surface area contributed by atoms with Crippen molar-refractivity contribution in [3.8, 4) is 28.5 Å². The third-order valence-electron chi connectivity index (χ3n) is 4.38. The van der Waals surface area contributed by atoms with Gasteiger partial charge in [0.2, 0.25) is 6.79 Å². The summed E-state index contributed by atoms with van der Waals surface area (Å²) in [4.78, 5) is 18.4. The maximum absolute atomic E-state index is 13.8. The van der Waals surface area contributed by atoms with Crippen LogP contribution in [0.1, 0.15) is 5.56 Å². The topological polar surface area (TPSA) is 84.4 Å². The zero-order valence-corrected chi connectivity index (χ0v) is 14.6. The van der Waals surface area contributed by atoms with Crippen LogP contribution in [0.3, 0.4) is 0 Å². The van der Waals surface area contributed by atoms with E-state index >= 15 is 0 Å². The van der Waals surface area contributed by atoms with Crippen LogP contribution in [-0.4, -0.2) is 21.9 Å². The van der Waals surface area contributed by atoms with E-state index in [1.807, 2.05) is 0 Å². The summed E-state index contributed by atoms with van der Waals surface area (Å²) >= 11 is 0.874. The van der Waals surface area contributed by atoms with Crippen LogP contribution in [0.2, 0.25) is 0 Å². The highest BCUT2D eigenvalue weighted by molar-refractivity contribution is 7.25. The molecule has 0 atom stereocenters. The molecule has 0 bridgehead atoms. The highest BCUT2D eigenvalue weighted by Crippen LogP contribution is 2.45. The number of aromatic nitrogens is 2. The second-order valence-electron chi connectivity index (χ2n) is 6.13. The van der Waals surface area contributed by atoms with Gasteiger partial charge in [-0.25, -0.2) is 4.98 Å². The van der Waals surface area contributed by atoms with E-state index < -0.39 is 17.3 Å². The number of fused-ring (bicyclic) bond motifs is 4. The van der Waals surface area contributed by atoms with Crippen LogP contribution < -0.4 is 15.0 Å². The number of rotatable bonds is 1. The molecule has 0 radical (unpaired) electrons. The lowest BCUT2D eigenvalue weighted by Gasteiger charge is -2.11. The summed E-state index contributed by atoms with van der Waals surface area (Å²) in [5.74, 6) is 0.538. The molecule has 2 N–H and O–H groups in total. The van der Waals surface area contributed by atoms with Gasteiger partial charge in [-0.05, 0) is 24.3 Å². The fourth-order valence-electron chi connectivity index (χ4n) is 3.17. The van der Waals surface area contributed by atoms with Crippen molar-refractivity contribution in [3.63, 3.8) is 0 Å². The molecular weight excluding hydrogens is 397 g/mol. The summed E-state index contributed by atoms with van der Waals surface area (Å²) in [7, 11) is 0. The SMILES string of the molecule is O=c1cc(O)c2sc3nc(-c4ccc5c(c4)OCO5)cc(C(F)(F)F)c3c2[nH]1. The largest absolute Gasteiger partial charge is 0.506 e. The number of hydrogen-bond donors (Lipinski definition) is 2. The predicted octanol–water partition coefficient (Wildman–Crippen LogP) is 4.26. The van der Waals surface area contributed by atoms with Gasteiger partial charge in [-0.15, -0.1) is 11.3 Å². The normalized spacial score (nSPS) is 13.5. The summed E-state index contributed by atoms with van der Waals surface area (Å²) < 4.78 is 52.1. The minimum Gasteiger partial charge on any atom is -0.506 e. The minimum absolute atomic E-state index is 0.0437. The standard InChI is InChI=1S/C18H9F3N2O4S/c19-18(20,21)8-4-9(7-1-2-11-12(3-7)27-6-26-11)22-17-14(8)15-16(28-17)10(24)5-13(25)23-15/h1-5H,6H2,(H2,23,24,25). The number of nitrogens with one attached hydrogen (secondary N) is 1. The maximum atomic E-state index is 13.8. The van der Waals surface area contributed by atoms with Gasteiger partial charge < -0.3 is 19.6 Å². The smallest absolute Gasteiger partial charge is 0.417 e. The average Bonchev–Trinajstić information content (AvgIpc) is 3.23. The van der Waals surface area contributed by atoms with E-state index in [9.17, 15) is 23.1 Å². The summed E-state index contributed by atoms with van der Waals surface area (Å²) in [5.41, 5.74) is -1.21. The molecule has 4 heterocycles. The van der Waals surface area contributed by atoms with Gasteiger partial charge in [-0.1, -0.05) is 0 Å². The number of alkyl halides is 3. The van der Waals surface area contributed by atoms with E-state index in [1.165, 1.54) is 0 Å². The number of hydrogen-bond acceptors (Lipinski definition) is 6. The second kappa shape index (κ2) is 5.61. The van der Waals surface area contributed by atoms with Crippen LogP contribution in [0.15, 0.2) is 35.1 Å². The van der Waals surface area contributed by atoms with Crippen molar-refractivity contribution < 1.29 is 27.8 Å². The van der Waals surface area contributed by atoms with Crippen molar-refractivity contribution in [3.05, 3.63) is 46.2 Å². The Kier molecular flexibility index (Phi) is 3.38. The lowest BCUT2D eigenvalue weighted by molar-refractivity contribution is -0.136. The van der Waals surface area contributed by atoms with Crippen molar-refractivity contribution in [2.45, 2.75) is 6.18 Å². The quantitative estimate of drug-likeness (QED) is 0.494. The Balaban J connectivity index is 1.84. The zero-order chi connectivity index (χ0) is 19.6. The van der Waals surface area contributed by atoms with E-state index in [4.69, 9.17) is 9.47 Å². The molecular formula is C18H9F3N2O4S. The number of aromatic hydroxyl groups is 1. The van der Waals surface area contributed by atoms with Gasteiger partial charge in [0.25, 0.3) is 5.56 Å². The van der Waals surface area contributed by atoms with E-state index in [-0.39, 0.29) is 38.7 Å². The number of benzene rings is 1. The Hall–Kier alpha value is -3.27. The molecule has 0 saturated carbocycles. The molecule has 0 unspecified atom stereocenters. The first-order valence-corrected chi connectivity index (χ1v) is 8.79. The average molecular weight is 406 g/mol. The second-order valence-corrected chi connectivity index (χ2v) is 7.13. The van der Waals surface area contributed by atoms with Gasteiger partial charge in [0, 0.05) is 17.0 Å².